The van der Waals surface area contributed by atoms with Gasteiger partial charge in [-0.15, -0.1) is 0 Å². The number of hydrogen-bond donors (Lipinski definition) is 2. The van der Waals surface area contributed by atoms with Crippen LogP contribution in [0.3, 0.4) is 0 Å². The lowest BCUT2D eigenvalue weighted by Crippen LogP contribution is -2.35. The van der Waals surface area contributed by atoms with Gasteiger partial charge in [0, 0.05) is 6.20 Å². The highest BCUT2D eigenvalue weighted by Gasteiger charge is 2.13. The first-order chi connectivity index (χ1) is 6.65. The molecule has 0 bridgehead atoms. The van der Waals surface area contributed by atoms with Gasteiger partial charge in [0.05, 0.1) is 4.47 Å². The van der Waals surface area contributed by atoms with Crippen LogP contribution in [0.2, 0.25) is 0 Å². The first-order valence-electron chi connectivity index (χ1n) is 4.16. The van der Waals surface area contributed by atoms with Gasteiger partial charge in [0.15, 0.2) is 0 Å². The standard InChI is InChI=1S/C8H11BrN4O/c1-2-6(7(10)14)13-8-5(9)3-11-4-12-8/h3-4,6H,2H2,1H3,(H2,10,14)(H,11,12,13). The smallest absolute Gasteiger partial charge is 0.239 e. The Kier molecular flexibility index (Phi) is 3.82. The van der Waals surface area contributed by atoms with E-state index in [1.807, 2.05) is 6.92 Å². The van der Waals surface area contributed by atoms with Gasteiger partial charge in [-0.05, 0) is 22.4 Å². The predicted molar refractivity (Wildman–Crippen MR) is 56.6 cm³/mol. The molecule has 1 atom stereocenters. The summed E-state index contributed by atoms with van der Waals surface area (Å²) in [4.78, 5) is 18.7. The van der Waals surface area contributed by atoms with Gasteiger partial charge in [0.1, 0.15) is 18.2 Å². The average Bonchev–Trinajstić information content (AvgIpc) is 2.16. The Hall–Kier alpha value is -1.17. The van der Waals surface area contributed by atoms with Crippen LogP contribution < -0.4 is 11.1 Å². The molecule has 1 rings (SSSR count). The number of amides is 1. The van der Waals surface area contributed by atoms with Crippen LogP contribution in [0.25, 0.3) is 0 Å². The third kappa shape index (κ3) is 2.66. The van der Waals surface area contributed by atoms with Crippen LogP contribution in [-0.2, 0) is 4.79 Å². The van der Waals surface area contributed by atoms with Crippen LogP contribution >= 0.6 is 15.9 Å². The predicted octanol–water partition coefficient (Wildman–Crippen LogP) is 0.915. The molecule has 0 saturated heterocycles. The summed E-state index contributed by atoms with van der Waals surface area (Å²) in [6, 6.07) is -0.402. The molecule has 6 heteroatoms. The number of rotatable bonds is 4. The van der Waals surface area contributed by atoms with Gasteiger partial charge in [-0.2, -0.15) is 0 Å². The second kappa shape index (κ2) is 4.90. The zero-order valence-electron chi connectivity index (χ0n) is 7.70. The fourth-order valence-electron chi connectivity index (χ4n) is 0.958. The molecule has 1 amide bonds. The molecule has 14 heavy (non-hydrogen) atoms. The number of nitrogens with two attached hydrogens (primary N) is 1. The van der Waals surface area contributed by atoms with E-state index < -0.39 is 11.9 Å². The summed E-state index contributed by atoms with van der Waals surface area (Å²) in [5.74, 6) is 0.184. The minimum atomic E-state index is -0.402. The van der Waals surface area contributed by atoms with E-state index in [-0.39, 0.29) is 0 Å². The Labute approximate surface area is 90.2 Å². The summed E-state index contributed by atoms with van der Waals surface area (Å²) in [5.41, 5.74) is 5.18. The van der Waals surface area contributed by atoms with E-state index in [1.54, 1.807) is 6.20 Å². The molecule has 1 unspecified atom stereocenters. The van der Waals surface area contributed by atoms with E-state index in [0.717, 1.165) is 0 Å². The topological polar surface area (TPSA) is 80.9 Å². The number of carbonyl (C=O) groups excluding carboxylic acids is 1. The molecule has 0 saturated carbocycles. The lowest BCUT2D eigenvalue weighted by Gasteiger charge is -2.14. The van der Waals surface area contributed by atoms with E-state index >= 15 is 0 Å². The quantitative estimate of drug-likeness (QED) is 0.842. The van der Waals surface area contributed by atoms with E-state index in [2.05, 4.69) is 31.2 Å². The van der Waals surface area contributed by atoms with Crippen molar-refractivity contribution in [1.29, 1.82) is 0 Å². The molecule has 0 spiro atoms. The third-order valence-electron chi connectivity index (χ3n) is 1.73. The molecule has 0 fully saturated rings. The molecule has 0 aliphatic carbocycles. The molecule has 0 aliphatic rings. The Morgan fingerprint density at radius 2 is 2.50 bits per heavy atom. The Balaban J connectivity index is 2.77. The van der Waals surface area contributed by atoms with Crippen molar-refractivity contribution in [1.82, 2.24) is 9.97 Å². The molecular weight excluding hydrogens is 248 g/mol. The van der Waals surface area contributed by atoms with Crippen LogP contribution in [0, 0.1) is 0 Å². The number of aromatic nitrogens is 2. The van der Waals surface area contributed by atoms with E-state index in [0.29, 0.717) is 16.7 Å². The van der Waals surface area contributed by atoms with Crippen molar-refractivity contribution >= 4 is 27.7 Å². The molecule has 3 N–H and O–H groups in total. The molecule has 0 aliphatic heterocycles. The number of hydrogen-bond acceptors (Lipinski definition) is 4. The van der Waals surface area contributed by atoms with Gasteiger partial charge < -0.3 is 11.1 Å². The summed E-state index contributed by atoms with van der Waals surface area (Å²) in [5, 5.41) is 2.92. The lowest BCUT2D eigenvalue weighted by molar-refractivity contribution is -0.118. The summed E-state index contributed by atoms with van der Waals surface area (Å²) >= 11 is 3.26. The van der Waals surface area contributed by atoms with E-state index in [1.165, 1.54) is 6.33 Å². The van der Waals surface area contributed by atoms with Crippen molar-refractivity contribution in [2.45, 2.75) is 19.4 Å². The number of nitrogens with one attached hydrogen (secondary N) is 1. The van der Waals surface area contributed by atoms with E-state index in [9.17, 15) is 4.79 Å². The fourth-order valence-corrected chi connectivity index (χ4v) is 1.29. The fraction of sp³-hybridized carbons (Fsp3) is 0.375. The Morgan fingerprint density at radius 1 is 1.79 bits per heavy atom. The first-order valence-corrected chi connectivity index (χ1v) is 4.95. The molecular formula is C8H11BrN4O. The Morgan fingerprint density at radius 3 is 3.00 bits per heavy atom. The maximum absolute atomic E-state index is 10.9. The molecule has 5 nitrogen and oxygen atoms in total. The maximum atomic E-state index is 10.9. The van der Waals surface area contributed by atoms with Gasteiger partial charge in [0.2, 0.25) is 5.91 Å². The minimum absolute atomic E-state index is 0.391. The van der Waals surface area contributed by atoms with Crippen LogP contribution in [0.4, 0.5) is 5.82 Å². The third-order valence-corrected chi connectivity index (χ3v) is 2.31. The van der Waals surface area contributed by atoms with Crippen molar-refractivity contribution < 1.29 is 4.79 Å². The number of carbonyl (C=O) groups is 1. The summed E-state index contributed by atoms with van der Waals surface area (Å²) < 4.78 is 0.708. The number of halogens is 1. The van der Waals surface area contributed by atoms with Crippen molar-refractivity contribution in [2.24, 2.45) is 5.73 Å². The normalized spacial score (nSPS) is 12.1. The minimum Gasteiger partial charge on any atom is -0.368 e. The van der Waals surface area contributed by atoms with Crippen molar-refractivity contribution in [3.63, 3.8) is 0 Å². The Bertz CT molecular complexity index is 331. The summed E-state index contributed by atoms with van der Waals surface area (Å²) in [6.45, 7) is 1.87. The van der Waals surface area contributed by atoms with Gasteiger partial charge in [-0.1, -0.05) is 6.92 Å². The summed E-state index contributed by atoms with van der Waals surface area (Å²) in [7, 11) is 0. The number of primary amides is 1. The van der Waals surface area contributed by atoms with Crippen LogP contribution in [-0.4, -0.2) is 21.9 Å². The zero-order valence-corrected chi connectivity index (χ0v) is 9.28. The highest BCUT2D eigenvalue weighted by molar-refractivity contribution is 9.10. The highest BCUT2D eigenvalue weighted by Crippen LogP contribution is 2.18. The first kappa shape index (κ1) is 10.9. The average molecular weight is 259 g/mol. The number of nitrogens with zero attached hydrogens (tertiary/aromatic N) is 2. The van der Waals surface area contributed by atoms with Gasteiger partial charge in [-0.3, -0.25) is 4.79 Å². The monoisotopic (exact) mass is 258 g/mol. The molecule has 1 aromatic rings. The second-order valence-corrected chi connectivity index (χ2v) is 3.58. The number of anilines is 1. The van der Waals surface area contributed by atoms with Gasteiger partial charge in [0.25, 0.3) is 0 Å². The second-order valence-electron chi connectivity index (χ2n) is 2.73. The van der Waals surface area contributed by atoms with Gasteiger partial charge in [-0.25, -0.2) is 9.97 Å². The molecule has 0 aromatic carbocycles. The highest BCUT2D eigenvalue weighted by atomic mass is 79.9. The van der Waals surface area contributed by atoms with Crippen LogP contribution in [0.5, 0.6) is 0 Å². The SMILES string of the molecule is CCC(Nc1ncncc1Br)C(N)=O. The summed E-state index contributed by atoms with van der Waals surface area (Å²) in [6.07, 6.45) is 3.62. The molecule has 0 radical (unpaired) electrons. The van der Waals surface area contributed by atoms with Crippen LogP contribution in [0.15, 0.2) is 17.0 Å². The van der Waals surface area contributed by atoms with Crippen LogP contribution in [0.1, 0.15) is 13.3 Å². The van der Waals surface area contributed by atoms with E-state index in [4.69, 9.17) is 5.73 Å². The molecule has 1 aromatic heterocycles. The van der Waals surface area contributed by atoms with Crippen molar-refractivity contribution in [3.05, 3.63) is 17.0 Å². The lowest BCUT2D eigenvalue weighted by atomic mass is 10.2. The molecule has 76 valence electrons. The largest absolute Gasteiger partial charge is 0.368 e. The van der Waals surface area contributed by atoms with Crippen molar-refractivity contribution in [3.8, 4) is 0 Å². The zero-order chi connectivity index (χ0) is 10.6. The maximum Gasteiger partial charge on any atom is 0.239 e. The van der Waals surface area contributed by atoms with Crippen molar-refractivity contribution in [2.75, 3.05) is 5.32 Å². The van der Waals surface area contributed by atoms with Gasteiger partial charge >= 0.3 is 0 Å². The molecule has 1 heterocycles.